The average Bonchev–Trinajstić information content (AvgIpc) is 2.16. The van der Waals surface area contributed by atoms with Gasteiger partial charge in [-0.25, -0.2) is 0 Å². The first-order valence-corrected chi connectivity index (χ1v) is 6.11. The number of aliphatic hydroxyl groups is 1. The van der Waals surface area contributed by atoms with Crippen LogP contribution in [-0.4, -0.2) is 35.7 Å². The van der Waals surface area contributed by atoms with Crippen LogP contribution in [0.1, 0.15) is 52.9 Å². The fourth-order valence-corrected chi connectivity index (χ4v) is 1.47. The van der Waals surface area contributed by atoms with Crippen LogP contribution in [0.25, 0.3) is 0 Å². The van der Waals surface area contributed by atoms with E-state index in [0.29, 0.717) is 0 Å². The van der Waals surface area contributed by atoms with Gasteiger partial charge in [0.15, 0.2) is 0 Å². The molecule has 0 spiro atoms. The first kappa shape index (κ1) is 13.9. The molecule has 0 aromatic rings. The van der Waals surface area contributed by atoms with Gasteiger partial charge in [-0.15, -0.1) is 0 Å². The van der Waals surface area contributed by atoms with Crippen LogP contribution in [0.15, 0.2) is 0 Å². The lowest BCUT2D eigenvalue weighted by atomic mass is 10.2. The summed E-state index contributed by atoms with van der Waals surface area (Å²) in [4.78, 5) is 2.49. The van der Waals surface area contributed by atoms with E-state index in [2.05, 4.69) is 18.7 Å². The topological polar surface area (TPSA) is 23.5 Å². The molecule has 1 atom stereocenters. The van der Waals surface area contributed by atoms with Crippen LogP contribution in [-0.2, 0) is 0 Å². The molecule has 1 N–H and O–H groups in total. The Morgan fingerprint density at radius 1 is 1.00 bits per heavy atom. The summed E-state index contributed by atoms with van der Waals surface area (Å²) in [5.74, 6) is 0. The van der Waals surface area contributed by atoms with Gasteiger partial charge in [0.2, 0.25) is 0 Å². The molecule has 0 bridgehead atoms. The lowest BCUT2D eigenvalue weighted by Crippen LogP contribution is -2.29. The zero-order chi connectivity index (χ0) is 10.8. The highest BCUT2D eigenvalue weighted by atomic mass is 16.3. The third-order valence-corrected chi connectivity index (χ3v) is 2.52. The molecule has 0 fully saturated rings. The maximum absolute atomic E-state index is 9.23. The summed E-state index contributed by atoms with van der Waals surface area (Å²) in [7, 11) is 0. The van der Waals surface area contributed by atoms with E-state index in [1.54, 1.807) is 0 Å². The normalized spacial score (nSPS) is 13.5. The van der Waals surface area contributed by atoms with E-state index in [9.17, 15) is 5.11 Å². The minimum Gasteiger partial charge on any atom is -0.393 e. The standard InChI is InChI=1S/C12H27NO/c1-4-6-9-13(10-7-5-2)11-8-12(3)14/h12,14H,4-11H2,1-3H3/t12-/m0/s1. The second kappa shape index (κ2) is 9.47. The van der Waals surface area contributed by atoms with Gasteiger partial charge >= 0.3 is 0 Å². The van der Waals surface area contributed by atoms with Crippen molar-refractivity contribution in [2.75, 3.05) is 19.6 Å². The Morgan fingerprint density at radius 2 is 1.50 bits per heavy atom. The first-order chi connectivity index (χ1) is 6.70. The van der Waals surface area contributed by atoms with Crippen LogP contribution < -0.4 is 0 Å². The minimum absolute atomic E-state index is 0.152. The summed E-state index contributed by atoms with van der Waals surface area (Å²) < 4.78 is 0. The highest BCUT2D eigenvalue weighted by molar-refractivity contribution is 4.60. The van der Waals surface area contributed by atoms with Crippen molar-refractivity contribution < 1.29 is 5.11 Å². The predicted molar refractivity (Wildman–Crippen MR) is 62.6 cm³/mol. The molecule has 0 heterocycles. The van der Waals surface area contributed by atoms with Gasteiger partial charge < -0.3 is 10.0 Å². The van der Waals surface area contributed by atoms with Crippen molar-refractivity contribution in [1.29, 1.82) is 0 Å². The molecule has 86 valence electrons. The fourth-order valence-electron chi connectivity index (χ4n) is 1.47. The minimum atomic E-state index is -0.152. The molecule has 0 aliphatic rings. The van der Waals surface area contributed by atoms with E-state index in [1.807, 2.05) is 6.92 Å². The Morgan fingerprint density at radius 3 is 1.86 bits per heavy atom. The summed E-state index contributed by atoms with van der Waals surface area (Å²) in [6.45, 7) is 9.78. The van der Waals surface area contributed by atoms with E-state index >= 15 is 0 Å². The molecule has 0 aromatic heterocycles. The van der Waals surface area contributed by atoms with E-state index < -0.39 is 0 Å². The molecule has 0 unspecified atom stereocenters. The lowest BCUT2D eigenvalue weighted by Gasteiger charge is -2.22. The van der Waals surface area contributed by atoms with E-state index in [4.69, 9.17) is 0 Å². The number of hydrogen-bond donors (Lipinski definition) is 1. The quantitative estimate of drug-likeness (QED) is 0.620. The Bertz CT molecular complexity index is 107. The molecule has 0 aliphatic heterocycles. The molecular weight excluding hydrogens is 174 g/mol. The maximum Gasteiger partial charge on any atom is 0.0524 e. The number of rotatable bonds is 9. The van der Waals surface area contributed by atoms with E-state index in [0.717, 1.165) is 13.0 Å². The number of aliphatic hydroxyl groups excluding tert-OH is 1. The SMILES string of the molecule is CCCCN(CCCC)CC[C@H](C)O. The third kappa shape index (κ3) is 8.52. The summed E-state index contributed by atoms with van der Waals surface area (Å²) >= 11 is 0. The van der Waals surface area contributed by atoms with Crippen LogP contribution in [0.5, 0.6) is 0 Å². The smallest absolute Gasteiger partial charge is 0.0524 e. The van der Waals surface area contributed by atoms with Crippen LogP contribution >= 0.6 is 0 Å². The van der Waals surface area contributed by atoms with Crippen molar-refractivity contribution in [2.45, 2.75) is 59.0 Å². The zero-order valence-electron chi connectivity index (χ0n) is 10.1. The highest BCUT2D eigenvalue weighted by Gasteiger charge is 2.05. The van der Waals surface area contributed by atoms with Crippen molar-refractivity contribution >= 4 is 0 Å². The van der Waals surface area contributed by atoms with Gasteiger partial charge in [-0.1, -0.05) is 26.7 Å². The summed E-state index contributed by atoms with van der Waals surface area (Å²) in [6, 6.07) is 0. The van der Waals surface area contributed by atoms with Crippen molar-refractivity contribution in [3.05, 3.63) is 0 Å². The highest BCUT2D eigenvalue weighted by Crippen LogP contribution is 2.02. The summed E-state index contributed by atoms with van der Waals surface area (Å²) in [6.07, 6.45) is 5.84. The Labute approximate surface area is 89.3 Å². The molecule has 0 saturated heterocycles. The molecule has 0 amide bonds. The molecule has 14 heavy (non-hydrogen) atoms. The monoisotopic (exact) mass is 201 g/mol. The van der Waals surface area contributed by atoms with Gasteiger partial charge in [-0.05, 0) is 39.3 Å². The van der Waals surface area contributed by atoms with Gasteiger partial charge in [0.05, 0.1) is 6.10 Å². The second-order valence-corrected chi connectivity index (χ2v) is 4.19. The number of hydrogen-bond acceptors (Lipinski definition) is 2. The zero-order valence-corrected chi connectivity index (χ0v) is 10.1. The van der Waals surface area contributed by atoms with Gasteiger partial charge in [-0.3, -0.25) is 0 Å². The molecule has 0 aromatic carbocycles. The van der Waals surface area contributed by atoms with E-state index in [-0.39, 0.29) is 6.10 Å². The number of unbranched alkanes of at least 4 members (excludes halogenated alkanes) is 2. The maximum atomic E-state index is 9.23. The Kier molecular flexibility index (Phi) is 9.42. The Hall–Kier alpha value is -0.0800. The largest absolute Gasteiger partial charge is 0.393 e. The second-order valence-electron chi connectivity index (χ2n) is 4.19. The van der Waals surface area contributed by atoms with Crippen LogP contribution in [0, 0.1) is 0 Å². The van der Waals surface area contributed by atoms with Crippen molar-refractivity contribution in [2.24, 2.45) is 0 Å². The molecule has 0 radical (unpaired) electrons. The average molecular weight is 201 g/mol. The van der Waals surface area contributed by atoms with Crippen molar-refractivity contribution in [3.63, 3.8) is 0 Å². The summed E-state index contributed by atoms with van der Waals surface area (Å²) in [5, 5.41) is 9.23. The van der Waals surface area contributed by atoms with Gasteiger partial charge in [-0.2, -0.15) is 0 Å². The summed E-state index contributed by atoms with van der Waals surface area (Å²) in [5.41, 5.74) is 0. The number of nitrogens with zero attached hydrogens (tertiary/aromatic N) is 1. The molecule has 2 nitrogen and oxygen atoms in total. The van der Waals surface area contributed by atoms with Crippen LogP contribution in [0.3, 0.4) is 0 Å². The van der Waals surface area contributed by atoms with Crippen LogP contribution in [0.2, 0.25) is 0 Å². The van der Waals surface area contributed by atoms with Gasteiger partial charge in [0.25, 0.3) is 0 Å². The predicted octanol–water partition coefficient (Wildman–Crippen LogP) is 2.66. The van der Waals surface area contributed by atoms with Crippen molar-refractivity contribution in [3.8, 4) is 0 Å². The molecule has 0 saturated carbocycles. The van der Waals surface area contributed by atoms with Gasteiger partial charge in [0, 0.05) is 6.54 Å². The van der Waals surface area contributed by atoms with Gasteiger partial charge in [0.1, 0.15) is 0 Å². The molecule has 0 aliphatic carbocycles. The van der Waals surface area contributed by atoms with E-state index in [1.165, 1.54) is 38.8 Å². The fraction of sp³-hybridized carbons (Fsp3) is 1.00. The van der Waals surface area contributed by atoms with Crippen LogP contribution in [0.4, 0.5) is 0 Å². The molecule has 2 heteroatoms. The lowest BCUT2D eigenvalue weighted by molar-refractivity contribution is 0.154. The van der Waals surface area contributed by atoms with Crippen molar-refractivity contribution in [1.82, 2.24) is 4.90 Å². The first-order valence-electron chi connectivity index (χ1n) is 6.11. The molecule has 0 rings (SSSR count). The molecular formula is C12H27NO. The third-order valence-electron chi connectivity index (χ3n) is 2.52. The Balaban J connectivity index is 3.60.